The van der Waals surface area contributed by atoms with E-state index in [4.69, 9.17) is 33.2 Å². The number of ether oxygens (including phenoxy) is 7. The minimum Gasteiger partial charge on any atom is -0.394 e. The molecule has 0 aromatic carbocycles. The first kappa shape index (κ1) is 26.7. The van der Waals surface area contributed by atoms with Crippen LogP contribution in [-0.2, 0) is 33.2 Å². The minimum atomic E-state index is -1.53. The Balaban J connectivity index is 1.82. The maximum absolute atomic E-state index is 10.2. The van der Waals surface area contributed by atoms with E-state index in [-0.39, 0.29) is 13.0 Å². The van der Waals surface area contributed by atoms with Crippen molar-refractivity contribution in [3.05, 3.63) is 0 Å². The number of methoxy groups -OCH3 is 3. The first-order valence-electron chi connectivity index (χ1n) is 9.96. The van der Waals surface area contributed by atoms with Crippen LogP contribution in [0.15, 0.2) is 0 Å². The summed E-state index contributed by atoms with van der Waals surface area (Å²) in [5.41, 5.74) is 0. The van der Waals surface area contributed by atoms with Crippen molar-refractivity contribution in [1.82, 2.24) is 0 Å². The van der Waals surface area contributed by atoms with Crippen LogP contribution >= 0.6 is 0 Å². The fourth-order valence-corrected chi connectivity index (χ4v) is 3.44. The van der Waals surface area contributed by atoms with E-state index in [1.54, 1.807) is 0 Å². The van der Waals surface area contributed by atoms with Gasteiger partial charge in [-0.25, -0.2) is 0 Å². The van der Waals surface area contributed by atoms with E-state index < -0.39 is 74.5 Å². The van der Waals surface area contributed by atoms with Crippen LogP contribution in [0, 0.1) is 0 Å². The molecule has 6 N–H and O–H groups in total. The molecule has 0 aromatic heterocycles. The summed E-state index contributed by atoms with van der Waals surface area (Å²) in [5.74, 6) is 0. The van der Waals surface area contributed by atoms with Gasteiger partial charge < -0.3 is 63.8 Å². The average Bonchev–Trinajstić information content (AvgIpc) is 2.78. The Morgan fingerprint density at radius 3 is 1.94 bits per heavy atom. The van der Waals surface area contributed by atoms with Crippen LogP contribution < -0.4 is 0 Å². The second-order valence-corrected chi connectivity index (χ2v) is 7.30. The Morgan fingerprint density at radius 2 is 1.35 bits per heavy atom. The predicted molar refractivity (Wildman–Crippen MR) is 99.3 cm³/mol. The van der Waals surface area contributed by atoms with Gasteiger partial charge in [0.1, 0.15) is 42.7 Å². The largest absolute Gasteiger partial charge is 0.394 e. The lowest BCUT2D eigenvalue weighted by Gasteiger charge is -2.41. The lowest BCUT2D eigenvalue weighted by Crippen LogP contribution is -2.60. The van der Waals surface area contributed by atoms with E-state index in [9.17, 15) is 30.6 Å². The van der Waals surface area contributed by atoms with Gasteiger partial charge in [-0.1, -0.05) is 0 Å². The van der Waals surface area contributed by atoms with Crippen LogP contribution in [0.5, 0.6) is 0 Å². The normalized spacial score (nSPS) is 42.5. The summed E-state index contributed by atoms with van der Waals surface area (Å²) in [6.07, 6.45) is -12.8. The molecule has 0 bridgehead atoms. The second-order valence-electron chi connectivity index (χ2n) is 7.30. The SMILES string of the molecule is COC(CCCOC1C(CO)OC(OC)C(O)C1O)OC1OC(OC)C(O)C(O)C1O. The fraction of sp³-hybridized carbons (Fsp3) is 1.00. The molecule has 0 aliphatic carbocycles. The number of aliphatic hydroxyl groups excluding tert-OH is 6. The molecule has 0 saturated carbocycles. The van der Waals surface area contributed by atoms with Crippen molar-refractivity contribution in [3.8, 4) is 0 Å². The quantitative estimate of drug-likeness (QED) is 0.133. The Kier molecular flexibility index (Phi) is 10.9. The summed E-state index contributed by atoms with van der Waals surface area (Å²) in [7, 11) is 3.96. The number of hydrogen-bond acceptors (Lipinski definition) is 13. The summed E-state index contributed by atoms with van der Waals surface area (Å²) >= 11 is 0. The van der Waals surface area contributed by atoms with Crippen LogP contribution in [0.1, 0.15) is 12.8 Å². The molecule has 0 spiro atoms. The highest BCUT2D eigenvalue weighted by atomic mass is 16.8. The molecule has 2 aliphatic rings. The maximum atomic E-state index is 10.2. The highest BCUT2D eigenvalue weighted by Crippen LogP contribution is 2.26. The Bertz CT molecular complexity index is 507. The van der Waals surface area contributed by atoms with Gasteiger partial charge in [0.25, 0.3) is 0 Å². The van der Waals surface area contributed by atoms with Crippen LogP contribution in [0.3, 0.4) is 0 Å². The Morgan fingerprint density at radius 1 is 0.774 bits per heavy atom. The lowest BCUT2D eigenvalue weighted by molar-refractivity contribution is -0.369. The lowest BCUT2D eigenvalue weighted by atomic mass is 9.99. The van der Waals surface area contributed by atoms with Crippen molar-refractivity contribution < 1.29 is 63.8 Å². The van der Waals surface area contributed by atoms with E-state index in [1.807, 2.05) is 0 Å². The zero-order valence-corrected chi connectivity index (χ0v) is 17.7. The highest BCUT2D eigenvalue weighted by Gasteiger charge is 2.46. The third-order valence-corrected chi connectivity index (χ3v) is 5.25. The molecule has 2 aliphatic heterocycles. The third kappa shape index (κ3) is 6.51. The molecule has 31 heavy (non-hydrogen) atoms. The minimum absolute atomic E-state index is 0.102. The molecule has 184 valence electrons. The van der Waals surface area contributed by atoms with E-state index in [0.717, 1.165) is 0 Å². The first-order chi connectivity index (χ1) is 14.8. The van der Waals surface area contributed by atoms with Gasteiger partial charge in [0, 0.05) is 34.4 Å². The summed E-state index contributed by atoms with van der Waals surface area (Å²) in [6.45, 7) is -0.338. The molecule has 13 heteroatoms. The van der Waals surface area contributed by atoms with Crippen molar-refractivity contribution in [3.63, 3.8) is 0 Å². The van der Waals surface area contributed by atoms with Gasteiger partial charge in [-0.3, -0.25) is 0 Å². The molecule has 2 rings (SSSR count). The van der Waals surface area contributed by atoms with Gasteiger partial charge in [-0.2, -0.15) is 0 Å². The molecule has 2 heterocycles. The summed E-state index contributed by atoms with van der Waals surface area (Å²) in [4.78, 5) is 0. The fourth-order valence-electron chi connectivity index (χ4n) is 3.44. The molecule has 11 atom stereocenters. The van der Waals surface area contributed by atoms with Crippen molar-refractivity contribution in [2.45, 2.75) is 80.7 Å². The topological polar surface area (TPSA) is 186 Å². The third-order valence-electron chi connectivity index (χ3n) is 5.25. The number of aliphatic hydroxyl groups is 6. The van der Waals surface area contributed by atoms with Crippen molar-refractivity contribution in [1.29, 1.82) is 0 Å². The van der Waals surface area contributed by atoms with Crippen LogP contribution in [0.2, 0.25) is 0 Å². The first-order valence-corrected chi connectivity index (χ1v) is 9.96. The second kappa shape index (κ2) is 12.6. The van der Waals surface area contributed by atoms with E-state index in [2.05, 4.69) is 0 Å². The molecule has 2 saturated heterocycles. The molecular weight excluding hydrogens is 424 g/mol. The van der Waals surface area contributed by atoms with Gasteiger partial charge in [-0.05, 0) is 6.42 Å². The average molecular weight is 458 g/mol. The van der Waals surface area contributed by atoms with Crippen LogP contribution in [-0.4, -0.2) is 133 Å². The van der Waals surface area contributed by atoms with Gasteiger partial charge >= 0.3 is 0 Å². The van der Waals surface area contributed by atoms with E-state index in [1.165, 1.54) is 21.3 Å². The monoisotopic (exact) mass is 458 g/mol. The molecule has 0 aromatic rings. The highest BCUT2D eigenvalue weighted by molar-refractivity contribution is 4.90. The van der Waals surface area contributed by atoms with Crippen LogP contribution in [0.4, 0.5) is 0 Å². The molecule has 11 unspecified atom stereocenters. The molecule has 0 amide bonds. The molecule has 13 nitrogen and oxygen atoms in total. The van der Waals surface area contributed by atoms with Gasteiger partial charge in [-0.15, -0.1) is 0 Å². The van der Waals surface area contributed by atoms with Crippen molar-refractivity contribution in [2.75, 3.05) is 34.5 Å². The smallest absolute Gasteiger partial charge is 0.192 e. The summed E-state index contributed by atoms with van der Waals surface area (Å²) in [6, 6.07) is 0. The molecule has 2 fully saturated rings. The van der Waals surface area contributed by atoms with E-state index in [0.29, 0.717) is 6.42 Å². The maximum Gasteiger partial charge on any atom is 0.192 e. The molecular formula is C18H34O13. The molecule has 0 radical (unpaired) electrons. The van der Waals surface area contributed by atoms with Crippen LogP contribution in [0.25, 0.3) is 0 Å². The summed E-state index contributed by atoms with van der Waals surface area (Å²) in [5, 5.41) is 59.5. The standard InChI is InChI=1S/C18H34O13/c1-25-9(30-18-13(23)10(20)12(22)17(27-3)31-18)5-4-6-28-15-8(7-19)29-16(26-2)14(24)11(15)21/h8-24H,4-7H2,1-3H3. The summed E-state index contributed by atoms with van der Waals surface area (Å²) < 4.78 is 36.9. The van der Waals surface area contributed by atoms with Gasteiger partial charge in [0.15, 0.2) is 25.2 Å². The zero-order valence-electron chi connectivity index (χ0n) is 17.7. The zero-order chi connectivity index (χ0) is 23.1. The van der Waals surface area contributed by atoms with Crippen molar-refractivity contribution >= 4 is 0 Å². The van der Waals surface area contributed by atoms with Crippen molar-refractivity contribution in [2.24, 2.45) is 0 Å². The number of rotatable bonds is 11. The van der Waals surface area contributed by atoms with E-state index >= 15 is 0 Å². The predicted octanol–water partition coefficient (Wildman–Crippen LogP) is -3.36. The van der Waals surface area contributed by atoms with Gasteiger partial charge in [0.05, 0.1) is 6.61 Å². The Hall–Kier alpha value is -0.520. The Labute approximate surface area is 179 Å². The number of hydrogen-bond donors (Lipinski definition) is 6. The van der Waals surface area contributed by atoms with Gasteiger partial charge in [0.2, 0.25) is 0 Å².